The predicted octanol–water partition coefficient (Wildman–Crippen LogP) is 0.538. The second kappa shape index (κ2) is 7.90. The van der Waals surface area contributed by atoms with Crippen LogP contribution in [0.2, 0.25) is 0 Å². The maximum atomic E-state index is 12.6. The molecule has 1 saturated carbocycles. The van der Waals surface area contributed by atoms with Gasteiger partial charge in [0.05, 0.1) is 6.61 Å². The van der Waals surface area contributed by atoms with Gasteiger partial charge in [-0.15, -0.1) is 0 Å². The van der Waals surface area contributed by atoms with Gasteiger partial charge in [0.25, 0.3) is 11.8 Å². The molecule has 8 nitrogen and oxygen atoms in total. The molecule has 1 fully saturated rings. The normalized spacial score (nSPS) is 18.0. The number of hydrogen-bond donors (Lipinski definition) is 1. The van der Waals surface area contributed by atoms with Crippen LogP contribution in [-0.4, -0.2) is 61.4 Å². The molecule has 0 saturated heterocycles. The monoisotopic (exact) mass is 362 g/mol. The van der Waals surface area contributed by atoms with Gasteiger partial charge in [-0.2, -0.15) is 0 Å². The van der Waals surface area contributed by atoms with Gasteiger partial charge in [-0.1, -0.05) is 19.3 Å². The molecule has 1 aromatic heterocycles. The number of amides is 2. The molecule has 1 aromatic rings. The number of hydrogen-bond acceptors (Lipinski definition) is 5. The number of nitrogens with zero attached hydrogens (tertiary/aromatic N) is 3. The maximum Gasteiger partial charge on any atom is 0.274 e. The molecule has 1 aliphatic heterocycles. The van der Waals surface area contributed by atoms with E-state index in [0.29, 0.717) is 19.8 Å². The van der Waals surface area contributed by atoms with E-state index in [4.69, 9.17) is 4.74 Å². The molecule has 26 heavy (non-hydrogen) atoms. The van der Waals surface area contributed by atoms with Crippen molar-refractivity contribution in [1.29, 1.82) is 0 Å². The molecule has 1 N–H and O–H groups in total. The fourth-order valence-electron chi connectivity index (χ4n) is 3.56. The zero-order chi connectivity index (χ0) is 18.7. The van der Waals surface area contributed by atoms with E-state index in [0.717, 1.165) is 25.7 Å². The summed E-state index contributed by atoms with van der Waals surface area (Å²) in [4.78, 5) is 39.2. The topological polar surface area (TPSA) is 83.9 Å². The minimum Gasteiger partial charge on any atom is -0.383 e. The van der Waals surface area contributed by atoms with E-state index in [1.54, 1.807) is 21.7 Å². The minimum atomic E-state index is -0.431. The van der Waals surface area contributed by atoms with Crippen LogP contribution in [0.15, 0.2) is 17.1 Å². The molecule has 1 aliphatic carbocycles. The number of fused-ring (bicyclic) bond motifs is 1. The number of aromatic nitrogens is 1. The lowest BCUT2D eigenvalue weighted by Gasteiger charge is -2.37. The van der Waals surface area contributed by atoms with Crippen molar-refractivity contribution in [2.24, 2.45) is 0 Å². The summed E-state index contributed by atoms with van der Waals surface area (Å²) in [5.41, 5.74) is -0.0988. The van der Waals surface area contributed by atoms with Gasteiger partial charge in [-0.25, -0.2) is 0 Å². The third-order valence-electron chi connectivity index (χ3n) is 5.03. The van der Waals surface area contributed by atoms with Crippen LogP contribution in [-0.2, 0) is 4.74 Å². The Morgan fingerprint density at radius 3 is 2.69 bits per heavy atom. The van der Waals surface area contributed by atoms with Crippen LogP contribution in [0.4, 0.5) is 0 Å². The highest BCUT2D eigenvalue weighted by Gasteiger charge is 2.29. The van der Waals surface area contributed by atoms with Crippen molar-refractivity contribution in [2.75, 3.05) is 39.0 Å². The molecule has 0 radical (unpaired) electrons. The molecule has 2 heterocycles. The van der Waals surface area contributed by atoms with Crippen LogP contribution in [0.25, 0.3) is 0 Å². The van der Waals surface area contributed by atoms with Gasteiger partial charge < -0.3 is 15.0 Å². The largest absolute Gasteiger partial charge is 0.383 e. The molecule has 2 aliphatic rings. The highest BCUT2D eigenvalue weighted by atomic mass is 16.5. The van der Waals surface area contributed by atoms with Crippen molar-refractivity contribution in [2.45, 2.75) is 38.1 Å². The number of ether oxygens (including phenoxy) is 1. The van der Waals surface area contributed by atoms with E-state index in [-0.39, 0.29) is 29.1 Å². The molecule has 142 valence electrons. The van der Waals surface area contributed by atoms with Crippen molar-refractivity contribution in [3.63, 3.8) is 0 Å². The Balaban J connectivity index is 1.83. The summed E-state index contributed by atoms with van der Waals surface area (Å²) in [7, 11) is 3.39. The third-order valence-corrected chi connectivity index (χ3v) is 5.03. The van der Waals surface area contributed by atoms with E-state index in [1.165, 1.54) is 18.7 Å². The first-order chi connectivity index (χ1) is 12.5. The highest BCUT2D eigenvalue weighted by Crippen LogP contribution is 2.18. The Bertz CT molecular complexity index is 739. The summed E-state index contributed by atoms with van der Waals surface area (Å²) in [5, 5.41) is 4.76. The molecule has 2 amide bonds. The van der Waals surface area contributed by atoms with Crippen LogP contribution >= 0.6 is 0 Å². The lowest BCUT2D eigenvalue weighted by atomic mass is 9.95. The average Bonchev–Trinajstić information content (AvgIpc) is 2.64. The van der Waals surface area contributed by atoms with Gasteiger partial charge in [-0.05, 0) is 12.8 Å². The molecule has 0 aromatic carbocycles. The summed E-state index contributed by atoms with van der Waals surface area (Å²) in [6, 6.07) is 1.38. The summed E-state index contributed by atoms with van der Waals surface area (Å²) in [5.74, 6) is -0.601. The van der Waals surface area contributed by atoms with E-state index in [1.807, 2.05) is 7.05 Å². The van der Waals surface area contributed by atoms with Crippen LogP contribution in [0.3, 0.4) is 0 Å². The number of carbonyl (C=O) groups excluding carboxylic acids is 2. The molecule has 0 atom stereocenters. The van der Waals surface area contributed by atoms with E-state index in [2.05, 4.69) is 5.32 Å². The van der Waals surface area contributed by atoms with Gasteiger partial charge in [0.2, 0.25) is 0 Å². The van der Waals surface area contributed by atoms with Gasteiger partial charge in [0, 0.05) is 39.0 Å². The zero-order valence-corrected chi connectivity index (χ0v) is 15.4. The van der Waals surface area contributed by atoms with Crippen LogP contribution in [0.5, 0.6) is 0 Å². The SMILES string of the molecule is COCCN1CN(C)n2cc(C(=O)NC3CCCCC3)c(=O)cc2C1=O. The first-order valence-corrected chi connectivity index (χ1v) is 9.08. The van der Waals surface area contributed by atoms with E-state index < -0.39 is 5.43 Å². The lowest BCUT2D eigenvalue weighted by Crippen LogP contribution is -2.53. The summed E-state index contributed by atoms with van der Waals surface area (Å²) in [6.07, 6.45) is 6.77. The first-order valence-electron chi connectivity index (χ1n) is 9.08. The van der Waals surface area contributed by atoms with Gasteiger partial charge in [-0.3, -0.25) is 24.1 Å². The Kier molecular flexibility index (Phi) is 5.61. The zero-order valence-electron chi connectivity index (χ0n) is 15.4. The fourth-order valence-corrected chi connectivity index (χ4v) is 3.56. The standard InChI is InChI=1S/C18H26N4O4/c1-20-12-21(8-9-26-2)18(25)15-10-16(23)14(11-22(15)20)17(24)19-13-6-4-3-5-7-13/h10-11,13H,3-9,12H2,1-2H3,(H,19,24). The fraction of sp³-hybridized carbons (Fsp3) is 0.611. The summed E-state index contributed by atoms with van der Waals surface area (Å²) < 4.78 is 6.61. The molecule has 0 bridgehead atoms. The summed E-state index contributed by atoms with van der Waals surface area (Å²) in [6.45, 7) is 1.23. The van der Waals surface area contributed by atoms with Gasteiger partial charge in [0.15, 0.2) is 5.43 Å². The number of rotatable bonds is 5. The quantitative estimate of drug-likeness (QED) is 0.826. The second-order valence-electron chi connectivity index (χ2n) is 6.95. The Hall–Kier alpha value is -2.35. The number of carbonyl (C=O) groups is 2. The number of nitrogens with one attached hydrogen (secondary N) is 1. The van der Waals surface area contributed by atoms with Crippen molar-refractivity contribution in [3.8, 4) is 0 Å². The molecular weight excluding hydrogens is 336 g/mol. The van der Waals surface area contributed by atoms with E-state index in [9.17, 15) is 14.4 Å². The van der Waals surface area contributed by atoms with Crippen molar-refractivity contribution in [1.82, 2.24) is 14.9 Å². The van der Waals surface area contributed by atoms with Crippen molar-refractivity contribution >= 4 is 11.8 Å². The molecule has 0 spiro atoms. The minimum absolute atomic E-state index is 0.0734. The number of pyridine rings is 1. The maximum absolute atomic E-state index is 12.6. The predicted molar refractivity (Wildman–Crippen MR) is 97.0 cm³/mol. The molecule has 0 unspecified atom stereocenters. The Morgan fingerprint density at radius 1 is 1.27 bits per heavy atom. The van der Waals surface area contributed by atoms with Crippen LogP contribution in [0, 0.1) is 0 Å². The summed E-state index contributed by atoms with van der Waals surface area (Å²) >= 11 is 0. The lowest BCUT2D eigenvalue weighted by molar-refractivity contribution is 0.0634. The Morgan fingerprint density at radius 2 is 2.00 bits per heavy atom. The molecule has 8 heteroatoms. The van der Waals surface area contributed by atoms with E-state index >= 15 is 0 Å². The van der Waals surface area contributed by atoms with Crippen LogP contribution in [0.1, 0.15) is 53.0 Å². The molecular formula is C18H26N4O4. The molecule has 3 rings (SSSR count). The van der Waals surface area contributed by atoms with Gasteiger partial charge in [0.1, 0.15) is 17.9 Å². The smallest absolute Gasteiger partial charge is 0.274 e. The highest BCUT2D eigenvalue weighted by molar-refractivity contribution is 5.97. The second-order valence-corrected chi connectivity index (χ2v) is 6.95. The first kappa shape index (κ1) is 18.4. The van der Waals surface area contributed by atoms with Crippen molar-refractivity contribution < 1.29 is 14.3 Å². The average molecular weight is 362 g/mol. The van der Waals surface area contributed by atoms with Crippen molar-refractivity contribution in [3.05, 3.63) is 33.7 Å². The van der Waals surface area contributed by atoms with Crippen LogP contribution < -0.4 is 15.8 Å². The number of methoxy groups -OCH3 is 1. The van der Waals surface area contributed by atoms with Gasteiger partial charge >= 0.3 is 0 Å². The third kappa shape index (κ3) is 3.75. The Labute approximate surface area is 152 Å².